The average Bonchev–Trinajstić information content (AvgIpc) is 3.17. The Labute approximate surface area is 146 Å². The van der Waals surface area contributed by atoms with Crippen molar-refractivity contribution in [2.75, 3.05) is 4.81 Å². The van der Waals surface area contributed by atoms with Crippen molar-refractivity contribution >= 4 is 29.3 Å². The first-order valence-electron chi connectivity index (χ1n) is 8.54. The van der Waals surface area contributed by atoms with Crippen molar-refractivity contribution in [2.24, 2.45) is 0 Å². The first-order chi connectivity index (χ1) is 12.4. The van der Waals surface area contributed by atoms with E-state index in [2.05, 4.69) is 93.5 Å². The molecular weight excluding hydrogens is 305 g/mol. The zero-order valence-electron chi connectivity index (χ0n) is 13.5. The molecule has 4 heteroatoms. The van der Waals surface area contributed by atoms with Crippen LogP contribution in [-0.2, 0) is 0 Å². The molecule has 0 radical (unpaired) electrons. The third-order valence-corrected chi connectivity index (χ3v) is 5.29. The second kappa shape index (κ2) is 4.64. The van der Waals surface area contributed by atoms with Crippen LogP contribution < -0.4 is 15.9 Å². The number of benzene rings is 3. The lowest BCUT2D eigenvalue weighted by Crippen LogP contribution is -2.61. The number of rotatable bonds is 0. The summed E-state index contributed by atoms with van der Waals surface area (Å²) in [5, 5.41) is 4.61. The molecule has 0 spiro atoms. The molecule has 0 unspecified atom stereocenters. The molecule has 0 fully saturated rings. The van der Waals surface area contributed by atoms with Crippen LogP contribution in [0.1, 0.15) is 0 Å². The number of nitrogens with zero attached hydrogens (tertiary/aromatic N) is 3. The molecule has 0 bridgehead atoms. The minimum atomic E-state index is 0.142. The molecule has 0 saturated carbocycles. The number of fused-ring (bicyclic) bond motifs is 11. The number of hydrogen-bond acceptors (Lipinski definition) is 2. The predicted molar refractivity (Wildman–Crippen MR) is 103 cm³/mol. The highest BCUT2D eigenvalue weighted by Gasteiger charge is 2.42. The Morgan fingerprint density at radius 1 is 0.640 bits per heavy atom. The van der Waals surface area contributed by atoms with Crippen molar-refractivity contribution in [1.29, 1.82) is 0 Å². The van der Waals surface area contributed by atoms with Crippen molar-refractivity contribution in [3.8, 4) is 16.8 Å². The van der Waals surface area contributed by atoms with Gasteiger partial charge in [0.1, 0.15) is 0 Å². The van der Waals surface area contributed by atoms with Crippen LogP contribution in [0.2, 0.25) is 0 Å². The molecule has 4 aromatic rings. The lowest BCUT2D eigenvalue weighted by Gasteiger charge is -2.42. The fourth-order valence-corrected chi connectivity index (χ4v) is 4.30. The van der Waals surface area contributed by atoms with E-state index in [4.69, 9.17) is 0 Å². The largest absolute Gasteiger partial charge is 0.374 e. The fraction of sp³-hybridized carbons (Fsp3) is 0. The molecule has 6 rings (SSSR count). The van der Waals surface area contributed by atoms with Crippen molar-refractivity contribution in [3.63, 3.8) is 0 Å². The van der Waals surface area contributed by atoms with Gasteiger partial charge in [-0.1, -0.05) is 54.6 Å². The summed E-state index contributed by atoms with van der Waals surface area (Å²) < 4.78 is 2.08. The summed E-state index contributed by atoms with van der Waals surface area (Å²) in [6.45, 7) is 0.142. The Morgan fingerprint density at radius 3 is 2.20 bits per heavy atom. The lowest BCUT2D eigenvalue weighted by molar-refractivity contribution is 0.892. The Bertz CT molecular complexity index is 1130. The minimum Gasteiger partial charge on any atom is -0.374 e. The van der Waals surface area contributed by atoms with E-state index in [-0.39, 0.29) is 6.85 Å². The molecule has 25 heavy (non-hydrogen) atoms. The van der Waals surface area contributed by atoms with E-state index in [0.717, 1.165) is 5.69 Å². The number of anilines is 2. The van der Waals surface area contributed by atoms with Crippen molar-refractivity contribution in [2.45, 2.75) is 0 Å². The molecule has 0 N–H and O–H groups in total. The standard InChI is InChI=1S/C21H14BN3/c1-3-9-17-15(7-1)16-8-2-4-10-18(16)24-19-11-5-6-12-20(19)25-21(22(17)24)13-14-23-25/h1-14H. The summed E-state index contributed by atoms with van der Waals surface area (Å²) in [5.41, 5.74) is 8.73. The highest BCUT2D eigenvalue weighted by molar-refractivity contribution is 6.90. The van der Waals surface area contributed by atoms with Crippen molar-refractivity contribution in [1.82, 2.24) is 9.78 Å². The smallest absolute Gasteiger partial charge is 0.348 e. The van der Waals surface area contributed by atoms with Gasteiger partial charge >= 0.3 is 6.85 Å². The predicted octanol–water partition coefficient (Wildman–Crippen LogP) is 3.11. The van der Waals surface area contributed by atoms with Gasteiger partial charge in [-0.05, 0) is 35.3 Å². The SMILES string of the molecule is c1ccc2c(c1)B1c3ccnn3-c3ccccc3N1c1ccccc1-2. The molecular formula is C21H14BN3. The molecule has 3 heterocycles. The van der Waals surface area contributed by atoms with Crippen LogP contribution in [-0.4, -0.2) is 16.6 Å². The van der Waals surface area contributed by atoms with Crippen LogP contribution in [0.15, 0.2) is 85.1 Å². The van der Waals surface area contributed by atoms with Crippen LogP contribution in [0.5, 0.6) is 0 Å². The van der Waals surface area contributed by atoms with E-state index in [0.29, 0.717) is 0 Å². The van der Waals surface area contributed by atoms with Gasteiger partial charge in [0.2, 0.25) is 0 Å². The maximum Gasteiger partial charge on any atom is 0.348 e. The monoisotopic (exact) mass is 319 g/mol. The van der Waals surface area contributed by atoms with Gasteiger partial charge in [0.15, 0.2) is 0 Å². The van der Waals surface area contributed by atoms with Gasteiger partial charge in [0.05, 0.1) is 11.4 Å². The van der Waals surface area contributed by atoms with Crippen LogP contribution in [0.25, 0.3) is 16.8 Å². The number of para-hydroxylation sites is 3. The molecule has 116 valence electrons. The first kappa shape index (κ1) is 13.1. The quantitative estimate of drug-likeness (QED) is 0.464. The molecule has 0 aliphatic carbocycles. The van der Waals surface area contributed by atoms with E-state index in [1.807, 2.05) is 6.20 Å². The van der Waals surface area contributed by atoms with Crippen LogP contribution in [0.4, 0.5) is 11.4 Å². The van der Waals surface area contributed by atoms with E-state index >= 15 is 0 Å². The second-order valence-electron chi connectivity index (χ2n) is 6.53. The summed E-state index contributed by atoms with van der Waals surface area (Å²) in [6, 6.07) is 28.1. The minimum absolute atomic E-state index is 0.142. The van der Waals surface area contributed by atoms with Gasteiger partial charge in [-0.15, -0.1) is 0 Å². The number of hydrogen-bond donors (Lipinski definition) is 0. The molecule has 0 amide bonds. The zero-order valence-corrected chi connectivity index (χ0v) is 13.5. The average molecular weight is 319 g/mol. The van der Waals surface area contributed by atoms with Crippen LogP contribution in [0.3, 0.4) is 0 Å². The summed E-state index contributed by atoms with van der Waals surface area (Å²) in [4.78, 5) is 2.46. The highest BCUT2D eigenvalue weighted by atomic mass is 15.3. The summed E-state index contributed by atoms with van der Waals surface area (Å²) in [7, 11) is 0. The van der Waals surface area contributed by atoms with Gasteiger partial charge in [0.25, 0.3) is 0 Å². The molecule has 2 aliphatic rings. The van der Waals surface area contributed by atoms with E-state index in [9.17, 15) is 0 Å². The highest BCUT2D eigenvalue weighted by Crippen LogP contribution is 2.42. The lowest BCUT2D eigenvalue weighted by atomic mass is 9.47. The van der Waals surface area contributed by atoms with Gasteiger partial charge < -0.3 is 4.81 Å². The van der Waals surface area contributed by atoms with Gasteiger partial charge in [-0.3, -0.25) is 0 Å². The fourth-order valence-electron chi connectivity index (χ4n) is 4.30. The molecule has 0 saturated heterocycles. The molecule has 1 aromatic heterocycles. The summed E-state index contributed by atoms with van der Waals surface area (Å²) in [6.07, 6.45) is 1.90. The van der Waals surface area contributed by atoms with Crippen LogP contribution in [0, 0.1) is 0 Å². The first-order valence-corrected chi connectivity index (χ1v) is 8.54. The molecule has 2 aliphatic heterocycles. The Kier molecular flexibility index (Phi) is 2.42. The Morgan fingerprint density at radius 2 is 1.32 bits per heavy atom. The zero-order chi connectivity index (χ0) is 16.4. The van der Waals surface area contributed by atoms with E-state index in [1.165, 1.54) is 33.6 Å². The maximum absolute atomic E-state index is 4.61. The van der Waals surface area contributed by atoms with Crippen LogP contribution >= 0.6 is 0 Å². The van der Waals surface area contributed by atoms with Gasteiger partial charge in [0, 0.05) is 23.0 Å². The number of aromatic nitrogens is 2. The Hall–Kier alpha value is -3.27. The van der Waals surface area contributed by atoms with Crippen molar-refractivity contribution in [3.05, 3.63) is 85.1 Å². The van der Waals surface area contributed by atoms with Gasteiger partial charge in [-0.2, -0.15) is 5.10 Å². The third kappa shape index (κ3) is 1.59. The van der Waals surface area contributed by atoms with E-state index in [1.54, 1.807) is 0 Å². The van der Waals surface area contributed by atoms with Gasteiger partial charge in [-0.25, -0.2) is 4.68 Å². The molecule has 0 atom stereocenters. The normalized spacial score (nSPS) is 13.4. The maximum atomic E-state index is 4.61. The second-order valence-corrected chi connectivity index (χ2v) is 6.53. The topological polar surface area (TPSA) is 21.1 Å². The van der Waals surface area contributed by atoms with Crippen molar-refractivity contribution < 1.29 is 0 Å². The van der Waals surface area contributed by atoms with E-state index < -0.39 is 0 Å². The molecule has 3 nitrogen and oxygen atoms in total. The Balaban J connectivity index is 1.77. The molecule has 3 aromatic carbocycles. The summed E-state index contributed by atoms with van der Waals surface area (Å²) >= 11 is 0. The third-order valence-electron chi connectivity index (χ3n) is 5.29. The summed E-state index contributed by atoms with van der Waals surface area (Å²) in [5.74, 6) is 0.